The molecule has 0 unspecified atom stereocenters. The van der Waals surface area contributed by atoms with E-state index in [1.54, 1.807) is 30.3 Å². The number of ether oxygens (including phenoxy) is 3. The molecule has 0 atom stereocenters. The fourth-order valence-corrected chi connectivity index (χ4v) is 9.87. The molecule has 0 radical (unpaired) electrons. The van der Waals surface area contributed by atoms with Crippen LogP contribution >= 0.6 is 0 Å². The number of carbonyl (C=O) groups is 2. The predicted octanol–water partition coefficient (Wildman–Crippen LogP) is 11.2. The highest BCUT2D eigenvalue weighted by molar-refractivity contribution is 6.03. The Balaban J connectivity index is 0.000000170. The summed E-state index contributed by atoms with van der Waals surface area (Å²) < 4.78 is 24.0. The smallest absolute Gasteiger partial charge is 0.340 e. The van der Waals surface area contributed by atoms with Crippen molar-refractivity contribution in [3.8, 4) is 57.1 Å². The maximum atomic E-state index is 12.5. The summed E-state index contributed by atoms with van der Waals surface area (Å²) in [6.45, 7) is 6.68. The van der Waals surface area contributed by atoms with Gasteiger partial charge in [-0.3, -0.25) is 9.13 Å². The minimum absolute atomic E-state index is 0.190. The Morgan fingerprint density at radius 3 is 1.26 bits per heavy atom. The zero-order chi connectivity index (χ0) is 55.7. The number of aromatic carboxylic acids is 1. The average molecular weight is 1080 g/mol. The van der Waals surface area contributed by atoms with Crippen molar-refractivity contribution in [2.45, 2.75) is 40.0 Å². The SMILES string of the molecule is CCOc1nc2cccc(C(=O)O)c2n1Cc1ccc(-c2ccccc2-c2nnnn2Cc2ccccc2)cc1.CCOc1nc2cccc(C(=O)OC)c2n1Cc1ccc(-c2ccccc2-c2nnnn2Cc2ccccc2)cc1. The van der Waals surface area contributed by atoms with Crippen molar-refractivity contribution in [1.29, 1.82) is 0 Å². The number of fused-ring (bicyclic) bond motifs is 2. The van der Waals surface area contributed by atoms with Crippen LogP contribution in [-0.2, 0) is 30.9 Å². The molecule has 0 bridgehead atoms. The standard InChI is InChI=1S/C32H28N6O3.C31H26N6O3/c1-3-41-32-33-28-15-9-14-27(31(39)40-2)29(28)37(32)20-23-16-18-24(19-17-23)25-12-7-8-13-26(25)30-34-35-36-38(30)21-22-10-5-4-6-11-22;1-2-40-31-32-27-14-8-13-26(30(38)39)28(27)36(31)19-22-15-17-23(18-16-22)24-11-6-7-12-25(24)29-33-34-35-37(29)20-21-9-4-3-5-10-21/h4-19H,3,20-21H2,1-2H3;3-18H,2,19-20H2,1H3,(H,38,39). The number of para-hydroxylation sites is 2. The van der Waals surface area contributed by atoms with Crippen molar-refractivity contribution in [3.63, 3.8) is 0 Å². The van der Waals surface area contributed by atoms with Gasteiger partial charge in [0.15, 0.2) is 11.6 Å². The number of carboxylic acids is 1. The van der Waals surface area contributed by atoms with Crippen LogP contribution in [-0.4, -0.2) is 96.9 Å². The Kier molecular flexibility index (Phi) is 15.5. The van der Waals surface area contributed by atoms with Crippen molar-refractivity contribution in [3.05, 3.63) is 228 Å². The van der Waals surface area contributed by atoms with E-state index in [1.165, 1.54) is 7.11 Å². The normalized spacial score (nSPS) is 11.1. The summed E-state index contributed by atoms with van der Waals surface area (Å²) in [5.74, 6) is -0.0243. The van der Waals surface area contributed by atoms with Crippen molar-refractivity contribution in [2.75, 3.05) is 20.3 Å². The molecule has 1 N–H and O–H groups in total. The number of esters is 1. The molecule has 0 aliphatic heterocycles. The van der Waals surface area contributed by atoms with Crippen LogP contribution in [0.25, 0.3) is 67.1 Å². The monoisotopic (exact) mass is 1070 g/mol. The number of tetrazole rings is 2. The third kappa shape index (κ3) is 11.2. The molecule has 0 aliphatic carbocycles. The predicted molar refractivity (Wildman–Crippen MR) is 307 cm³/mol. The summed E-state index contributed by atoms with van der Waals surface area (Å²) in [5, 5.41) is 34.9. The molecule has 12 aromatic rings. The summed E-state index contributed by atoms with van der Waals surface area (Å²) in [7, 11) is 1.38. The van der Waals surface area contributed by atoms with E-state index in [0.29, 0.717) is 90.7 Å². The van der Waals surface area contributed by atoms with Crippen LogP contribution in [0.4, 0.5) is 0 Å². The van der Waals surface area contributed by atoms with Gasteiger partial charge in [-0.05, 0) is 103 Å². The molecule has 18 heteroatoms. The van der Waals surface area contributed by atoms with Crippen LogP contribution < -0.4 is 9.47 Å². The second-order valence-corrected chi connectivity index (χ2v) is 18.7. The van der Waals surface area contributed by atoms with Crippen LogP contribution in [0.2, 0.25) is 0 Å². The van der Waals surface area contributed by atoms with Gasteiger partial charge in [0.1, 0.15) is 0 Å². The zero-order valence-electron chi connectivity index (χ0n) is 44.6. The Morgan fingerprint density at radius 2 is 0.840 bits per heavy atom. The molecule has 8 aromatic carbocycles. The van der Waals surface area contributed by atoms with E-state index < -0.39 is 11.9 Å². The third-order valence-corrected chi connectivity index (χ3v) is 13.6. The number of rotatable bonds is 18. The number of nitrogens with zero attached hydrogens (tertiary/aromatic N) is 12. The molecule has 0 fully saturated rings. The first-order chi connectivity index (χ1) is 39.8. The van der Waals surface area contributed by atoms with E-state index >= 15 is 0 Å². The van der Waals surface area contributed by atoms with Gasteiger partial charge in [0.2, 0.25) is 0 Å². The van der Waals surface area contributed by atoms with E-state index in [2.05, 4.69) is 114 Å². The van der Waals surface area contributed by atoms with Crippen molar-refractivity contribution < 1.29 is 28.9 Å². The number of methoxy groups -OCH3 is 1. The highest BCUT2D eigenvalue weighted by Gasteiger charge is 2.23. The molecule has 402 valence electrons. The van der Waals surface area contributed by atoms with Gasteiger partial charge in [0.25, 0.3) is 12.0 Å². The Bertz CT molecular complexity index is 4140. The lowest BCUT2D eigenvalue weighted by molar-refractivity contribution is 0.0601. The highest BCUT2D eigenvalue weighted by atomic mass is 16.5. The van der Waals surface area contributed by atoms with Crippen molar-refractivity contribution >= 4 is 34.0 Å². The molecule has 0 saturated heterocycles. The Hall–Kier alpha value is -10.6. The summed E-state index contributed by atoms with van der Waals surface area (Å²) >= 11 is 0. The fraction of sp³-hybridized carbons (Fsp3) is 0.143. The summed E-state index contributed by atoms with van der Waals surface area (Å²) in [6, 6.07) is 64.2. The molecule has 4 heterocycles. The van der Waals surface area contributed by atoms with Gasteiger partial charge in [-0.2, -0.15) is 9.97 Å². The van der Waals surface area contributed by atoms with Crippen molar-refractivity contribution in [2.24, 2.45) is 0 Å². The summed E-state index contributed by atoms with van der Waals surface area (Å²) in [6.07, 6.45) is 0. The maximum absolute atomic E-state index is 12.5. The molecule has 12 rings (SSSR count). The quantitative estimate of drug-likeness (QED) is 0.0794. The molecule has 0 spiro atoms. The molecular formula is C63H54N12O6. The summed E-state index contributed by atoms with van der Waals surface area (Å²) in [4.78, 5) is 33.7. The van der Waals surface area contributed by atoms with E-state index in [1.807, 2.05) is 123 Å². The van der Waals surface area contributed by atoms with Crippen LogP contribution in [0.5, 0.6) is 12.0 Å². The molecule has 4 aromatic heterocycles. The second kappa shape index (κ2) is 24.0. The number of benzene rings is 8. The lowest BCUT2D eigenvalue weighted by Crippen LogP contribution is -2.09. The molecule has 0 amide bonds. The van der Waals surface area contributed by atoms with Gasteiger partial charge < -0.3 is 19.3 Å². The lowest BCUT2D eigenvalue weighted by atomic mass is 9.98. The lowest BCUT2D eigenvalue weighted by Gasteiger charge is -2.13. The number of carbonyl (C=O) groups excluding carboxylic acids is 1. The molecule has 0 aliphatic rings. The van der Waals surface area contributed by atoms with Gasteiger partial charge in [0.05, 0.1) is 79.7 Å². The van der Waals surface area contributed by atoms with Gasteiger partial charge >= 0.3 is 11.9 Å². The zero-order valence-corrected chi connectivity index (χ0v) is 44.6. The number of carboxylic acid groups (broad SMARTS) is 1. The number of aromatic nitrogens is 12. The van der Waals surface area contributed by atoms with Crippen molar-refractivity contribution in [1.82, 2.24) is 59.5 Å². The highest BCUT2D eigenvalue weighted by Crippen LogP contribution is 2.35. The van der Waals surface area contributed by atoms with E-state index in [-0.39, 0.29) is 5.56 Å². The van der Waals surface area contributed by atoms with Crippen LogP contribution in [0.3, 0.4) is 0 Å². The average Bonchev–Trinajstić information content (AvgIpc) is 4.53. The van der Waals surface area contributed by atoms with Gasteiger partial charge in [-0.15, -0.1) is 10.2 Å². The first-order valence-corrected chi connectivity index (χ1v) is 26.3. The van der Waals surface area contributed by atoms with Gasteiger partial charge in [-0.1, -0.05) is 170 Å². The number of imidazole rings is 2. The number of hydrogen-bond acceptors (Lipinski definition) is 13. The van der Waals surface area contributed by atoms with Crippen LogP contribution in [0.15, 0.2) is 194 Å². The minimum atomic E-state index is -1.00. The van der Waals surface area contributed by atoms with E-state index in [0.717, 1.165) is 55.6 Å². The first-order valence-electron chi connectivity index (χ1n) is 26.3. The van der Waals surface area contributed by atoms with Gasteiger partial charge in [-0.25, -0.2) is 19.0 Å². The first kappa shape index (κ1) is 52.4. The minimum Gasteiger partial charge on any atom is -0.478 e. The van der Waals surface area contributed by atoms with Crippen LogP contribution in [0.1, 0.15) is 56.8 Å². The number of hydrogen-bond donors (Lipinski definition) is 1. The Morgan fingerprint density at radius 1 is 0.444 bits per heavy atom. The van der Waals surface area contributed by atoms with E-state index in [9.17, 15) is 14.7 Å². The third-order valence-electron chi connectivity index (χ3n) is 13.6. The topological polar surface area (TPSA) is 205 Å². The van der Waals surface area contributed by atoms with Gasteiger partial charge in [0, 0.05) is 11.1 Å². The maximum Gasteiger partial charge on any atom is 0.340 e. The molecular weight excluding hydrogens is 1020 g/mol. The molecule has 18 nitrogen and oxygen atoms in total. The molecule has 81 heavy (non-hydrogen) atoms. The van der Waals surface area contributed by atoms with Crippen LogP contribution in [0, 0.1) is 0 Å². The molecule has 0 saturated carbocycles. The fourth-order valence-electron chi connectivity index (χ4n) is 9.87. The summed E-state index contributed by atoms with van der Waals surface area (Å²) in [5.41, 5.74) is 13.3. The second-order valence-electron chi connectivity index (χ2n) is 18.7. The van der Waals surface area contributed by atoms with E-state index in [4.69, 9.17) is 14.2 Å². The Labute approximate surface area is 465 Å². The largest absolute Gasteiger partial charge is 0.478 e.